The second-order valence-electron chi connectivity index (χ2n) is 5.75. The van der Waals surface area contributed by atoms with Gasteiger partial charge in [-0.05, 0) is 36.8 Å². The molecule has 10 heteroatoms. The fourth-order valence-corrected chi connectivity index (χ4v) is 3.40. The van der Waals surface area contributed by atoms with E-state index in [1.807, 2.05) is 43.3 Å². The summed E-state index contributed by atoms with van der Waals surface area (Å²) < 4.78 is 6.58. The Morgan fingerprint density at radius 1 is 1.21 bits per heavy atom. The van der Waals surface area contributed by atoms with Crippen LogP contribution in [0.3, 0.4) is 0 Å². The molecular weight excluding hydrogens is 419 g/mol. The van der Waals surface area contributed by atoms with Gasteiger partial charge >= 0.3 is 0 Å². The maximum atomic E-state index is 6.06. The number of hydrogen-bond donors (Lipinski definition) is 2. The average molecular weight is 437 g/mol. The standard InChI is InChI=1S/C18H18Cl2N6OS/c1-11(13-4-3-5-14(9-13)27-2)22-23-17-24-25-18(26(17)21)28-10-12-6-7-15(19)16(20)8-12/h3-9H,10,21H2,1-2H3,(H,23,24)/b22-11+. The first-order chi connectivity index (χ1) is 13.5. The molecule has 0 aliphatic carbocycles. The third-order valence-corrected chi connectivity index (χ3v) is 5.58. The van der Waals surface area contributed by atoms with Gasteiger partial charge in [0.2, 0.25) is 5.16 Å². The summed E-state index contributed by atoms with van der Waals surface area (Å²) in [7, 11) is 1.62. The van der Waals surface area contributed by atoms with Gasteiger partial charge in [-0.3, -0.25) is 0 Å². The second kappa shape index (κ2) is 9.18. The average Bonchev–Trinajstić information content (AvgIpc) is 3.06. The minimum absolute atomic E-state index is 0.332. The molecule has 0 aliphatic heterocycles. The number of benzene rings is 2. The van der Waals surface area contributed by atoms with Gasteiger partial charge in [-0.15, -0.1) is 10.2 Å². The summed E-state index contributed by atoms with van der Waals surface area (Å²) in [6.07, 6.45) is 0. The quantitative estimate of drug-likeness (QED) is 0.246. The van der Waals surface area contributed by atoms with E-state index < -0.39 is 0 Å². The number of hydrogen-bond acceptors (Lipinski definition) is 7. The lowest BCUT2D eigenvalue weighted by Gasteiger charge is -2.06. The molecule has 0 saturated heterocycles. The van der Waals surface area contributed by atoms with E-state index in [1.54, 1.807) is 13.2 Å². The van der Waals surface area contributed by atoms with Crippen molar-refractivity contribution in [2.75, 3.05) is 18.4 Å². The lowest BCUT2D eigenvalue weighted by Crippen LogP contribution is -2.13. The molecule has 0 aliphatic rings. The number of nitrogens with zero attached hydrogens (tertiary/aromatic N) is 4. The summed E-state index contributed by atoms with van der Waals surface area (Å²) in [5, 5.41) is 14.0. The number of nitrogens with two attached hydrogens (primary N) is 1. The second-order valence-corrected chi connectivity index (χ2v) is 7.51. The van der Waals surface area contributed by atoms with E-state index in [0.717, 1.165) is 22.6 Å². The number of thioether (sulfide) groups is 1. The number of aromatic nitrogens is 3. The van der Waals surface area contributed by atoms with E-state index in [2.05, 4.69) is 20.7 Å². The maximum Gasteiger partial charge on any atom is 0.264 e. The molecule has 0 atom stereocenters. The number of hydrazone groups is 1. The van der Waals surface area contributed by atoms with Crippen molar-refractivity contribution < 1.29 is 4.74 Å². The van der Waals surface area contributed by atoms with Gasteiger partial charge in [-0.2, -0.15) is 5.10 Å². The molecule has 0 bridgehead atoms. The number of rotatable bonds is 7. The van der Waals surface area contributed by atoms with Crippen LogP contribution in [0.4, 0.5) is 5.95 Å². The monoisotopic (exact) mass is 436 g/mol. The largest absolute Gasteiger partial charge is 0.497 e. The van der Waals surface area contributed by atoms with Crippen LogP contribution in [0, 0.1) is 0 Å². The minimum Gasteiger partial charge on any atom is -0.497 e. The van der Waals surface area contributed by atoms with Crippen LogP contribution in [0.1, 0.15) is 18.1 Å². The Morgan fingerprint density at radius 2 is 2.04 bits per heavy atom. The van der Waals surface area contributed by atoms with Gasteiger partial charge in [0, 0.05) is 11.3 Å². The highest BCUT2D eigenvalue weighted by Gasteiger charge is 2.11. The van der Waals surface area contributed by atoms with Crippen LogP contribution in [-0.4, -0.2) is 27.7 Å². The van der Waals surface area contributed by atoms with E-state index in [9.17, 15) is 0 Å². The molecule has 3 rings (SSSR count). The molecule has 2 aromatic carbocycles. The molecule has 0 amide bonds. The number of ether oxygens (including phenoxy) is 1. The SMILES string of the molecule is COc1cccc(/C(C)=N/Nc2nnc(SCc3ccc(Cl)c(Cl)c3)n2N)c1. The Balaban J connectivity index is 1.66. The van der Waals surface area contributed by atoms with Crippen LogP contribution in [0.15, 0.2) is 52.7 Å². The Morgan fingerprint density at radius 3 is 2.79 bits per heavy atom. The number of nitrogens with one attached hydrogen (secondary N) is 1. The normalized spacial score (nSPS) is 11.5. The van der Waals surface area contributed by atoms with Gasteiger partial charge in [0.25, 0.3) is 5.95 Å². The summed E-state index contributed by atoms with van der Waals surface area (Å²) >= 11 is 13.4. The topological polar surface area (TPSA) is 90.3 Å². The van der Waals surface area contributed by atoms with Crippen LogP contribution in [0.5, 0.6) is 5.75 Å². The molecule has 3 aromatic rings. The zero-order chi connectivity index (χ0) is 20.1. The Kier molecular flexibility index (Phi) is 6.66. The van der Waals surface area contributed by atoms with Crippen molar-refractivity contribution in [3.05, 3.63) is 63.6 Å². The summed E-state index contributed by atoms with van der Waals surface area (Å²) in [4.78, 5) is 0. The lowest BCUT2D eigenvalue weighted by molar-refractivity contribution is 0.414. The number of methoxy groups -OCH3 is 1. The highest BCUT2D eigenvalue weighted by molar-refractivity contribution is 7.98. The predicted octanol–water partition coefficient (Wildman–Crippen LogP) is 4.44. The zero-order valence-corrected chi connectivity index (χ0v) is 17.5. The molecule has 0 spiro atoms. The highest BCUT2D eigenvalue weighted by atomic mass is 35.5. The first kappa shape index (κ1) is 20.3. The maximum absolute atomic E-state index is 6.06. The van der Waals surface area contributed by atoms with Crippen LogP contribution in [0.25, 0.3) is 0 Å². The van der Waals surface area contributed by atoms with Crippen molar-refractivity contribution in [3.8, 4) is 5.75 Å². The van der Waals surface area contributed by atoms with Gasteiger partial charge in [0.05, 0.1) is 22.9 Å². The fourth-order valence-electron chi connectivity index (χ4n) is 2.28. The fraction of sp³-hybridized carbons (Fsp3) is 0.167. The number of nitrogen functional groups attached to an aromatic ring is 1. The van der Waals surface area contributed by atoms with Gasteiger partial charge in [-0.1, -0.05) is 53.2 Å². The van der Waals surface area contributed by atoms with Crippen LogP contribution < -0.4 is 16.0 Å². The predicted molar refractivity (Wildman–Crippen MR) is 115 cm³/mol. The van der Waals surface area contributed by atoms with Gasteiger partial charge in [0.15, 0.2) is 0 Å². The number of halogens is 2. The van der Waals surface area contributed by atoms with E-state index in [4.69, 9.17) is 33.8 Å². The lowest BCUT2D eigenvalue weighted by atomic mass is 10.1. The van der Waals surface area contributed by atoms with Crippen LogP contribution in [0.2, 0.25) is 10.0 Å². The van der Waals surface area contributed by atoms with Crippen LogP contribution >= 0.6 is 35.0 Å². The smallest absolute Gasteiger partial charge is 0.264 e. The van der Waals surface area contributed by atoms with Gasteiger partial charge in [0.1, 0.15) is 5.75 Å². The molecule has 146 valence electrons. The third-order valence-electron chi connectivity index (χ3n) is 3.83. The molecule has 0 unspecified atom stereocenters. The zero-order valence-electron chi connectivity index (χ0n) is 15.2. The highest BCUT2D eigenvalue weighted by Crippen LogP contribution is 2.27. The number of anilines is 1. The molecule has 1 heterocycles. The minimum atomic E-state index is 0.332. The van der Waals surface area contributed by atoms with Crippen molar-refractivity contribution in [1.29, 1.82) is 0 Å². The molecule has 7 nitrogen and oxygen atoms in total. The molecule has 3 N–H and O–H groups in total. The molecule has 0 fully saturated rings. The van der Waals surface area contributed by atoms with Gasteiger partial charge in [-0.25, -0.2) is 10.1 Å². The third kappa shape index (κ3) is 4.89. The molecule has 1 aromatic heterocycles. The van der Waals surface area contributed by atoms with E-state index >= 15 is 0 Å². The molecule has 0 saturated carbocycles. The van der Waals surface area contributed by atoms with Crippen LogP contribution in [-0.2, 0) is 5.75 Å². The summed E-state index contributed by atoms with van der Waals surface area (Å²) in [6.45, 7) is 1.87. The first-order valence-corrected chi connectivity index (χ1v) is 9.94. The Labute approximate surface area is 176 Å². The van der Waals surface area contributed by atoms with Crippen molar-refractivity contribution >= 4 is 46.6 Å². The van der Waals surface area contributed by atoms with Crippen molar-refractivity contribution in [3.63, 3.8) is 0 Å². The Hall–Kier alpha value is -2.42. The van der Waals surface area contributed by atoms with E-state index in [1.165, 1.54) is 16.4 Å². The summed E-state index contributed by atoms with van der Waals surface area (Å²) in [5.74, 6) is 7.78. The molecule has 0 radical (unpaired) electrons. The van der Waals surface area contributed by atoms with Crippen molar-refractivity contribution in [1.82, 2.24) is 14.9 Å². The summed E-state index contributed by atoms with van der Waals surface area (Å²) in [5.41, 5.74) is 5.52. The molecular formula is C18H18Cl2N6OS. The van der Waals surface area contributed by atoms with Crippen molar-refractivity contribution in [2.45, 2.75) is 17.8 Å². The molecule has 28 heavy (non-hydrogen) atoms. The first-order valence-electron chi connectivity index (χ1n) is 8.20. The summed E-state index contributed by atoms with van der Waals surface area (Å²) in [6, 6.07) is 13.1. The van der Waals surface area contributed by atoms with Gasteiger partial charge < -0.3 is 10.6 Å². The van der Waals surface area contributed by atoms with Crippen molar-refractivity contribution in [2.24, 2.45) is 5.10 Å². The van der Waals surface area contributed by atoms with E-state index in [0.29, 0.717) is 26.9 Å². The Bertz CT molecular complexity index is 1010. The van der Waals surface area contributed by atoms with E-state index in [-0.39, 0.29) is 0 Å².